The number of sulfonamides is 1. The van der Waals surface area contributed by atoms with E-state index < -0.39 is 27.4 Å². The second-order valence-corrected chi connectivity index (χ2v) is 9.39. The number of esters is 1. The number of rotatable bonds is 7. The van der Waals surface area contributed by atoms with Gasteiger partial charge in [0.1, 0.15) is 16.2 Å². The number of benzene rings is 1. The van der Waals surface area contributed by atoms with Crippen molar-refractivity contribution in [1.29, 1.82) is 0 Å². The predicted octanol–water partition coefficient (Wildman–Crippen LogP) is 2.13. The topological polar surface area (TPSA) is 111 Å². The summed E-state index contributed by atoms with van der Waals surface area (Å²) in [6.45, 7) is 0. The number of amides is 1. The first-order valence-electron chi connectivity index (χ1n) is 9.92. The molecule has 160 valence electrons. The summed E-state index contributed by atoms with van der Waals surface area (Å²) >= 11 is 0. The van der Waals surface area contributed by atoms with Crippen LogP contribution in [0.4, 0.5) is 0 Å². The molecule has 1 aromatic carbocycles. The van der Waals surface area contributed by atoms with Crippen LogP contribution >= 0.6 is 0 Å². The number of methoxy groups -OCH3 is 2. The van der Waals surface area contributed by atoms with Gasteiger partial charge in [-0.15, -0.1) is 0 Å². The van der Waals surface area contributed by atoms with E-state index in [2.05, 4.69) is 10.0 Å². The zero-order valence-corrected chi connectivity index (χ0v) is 17.6. The SMILES string of the molecule is COC(=O)C1(NC(=O)c2ccc(OC)c(S(=O)(=O)NC3CCCC3)c2)CCCC1. The lowest BCUT2D eigenvalue weighted by molar-refractivity contribution is -0.148. The van der Waals surface area contributed by atoms with Crippen LogP contribution in [0.3, 0.4) is 0 Å². The van der Waals surface area contributed by atoms with Crippen LogP contribution in [0, 0.1) is 0 Å². The predicted molar refractivity (Wildman–Crippen MR) is 106 cm³/mol. The molecule has 8 nitrogen and oxygen atoms in total. The molecular weight excluding hydrogens is 396 g/mol. The molecule has 0 aromatic heterocycles. The number of nitrogens with one attached hydrogen (secondary N) is 2. The fourth-order valence-corrected chi connectivity index (χ4v) is 5.70. The Labute approximate surface area is 171 Å². The zero-order valence-electron chi connectivity index (χ0n) is 16.8. The van der Waals surface area contributed by atoms with Crippen molar-refractivity contribution in [2.75, 3.05) is 14.2 Å². The summed E-state index contributed by atoms with van der Waals surface area (Å²) in [4.78, 5) is 25.0. The maximum absolute atomic E-state index is 12.9. The maximum Gasteiger partial charge on any atom is 0.331 e. The quantitative estimate of drug-likeness (QED) is 0.649. The molecule has 2 aliphatic rings. The van der Waals surface area contributed by atoms with Crippen molar-refractivity contribution in [1.82, 2.24) is 10.0 Å². The first-order valence-corrected chi connectivity index (χ1v) is 11.4. The lowest BCUT2D eigenvalue weighted by Crippen LogP contribution is -2.53. The molecule has 29 heavy (non-hydrogen) atoms. The van der Waals surface area contributed by atoms with Gasteiger partial charge < -0.3 is 14.8 Å². The van der Waals surface area contributed by atoms with E-state index in [4.69, 9.17) is 9.47 Å². The molecule has 0 atom stereocenters. The van der Waals surface area contributed by atoms with Gasteiger partial charge in [0.25, 0.3) is 5.91 Å². The summed E-state index contributed by atoms with van der Waals surface area (Å²) < 4.78 is 38.6. The van der Waals surface area contributed by atoms with Crippen LogP contribution in [0.1, 0.15) is 61.7 Å². The van der Waals surface area contributed by atoms with Crippen LogP contribution in [-0.4, -0.2) is 46.1 Å². The van der Waals surface area contributed by atoms with E-state index in [9.17, 15) is 18.0 Å². The first kappa shape index (κ1) is 21.6. The van der Waals surface area contributed by atoms with E-state index in [1.165, 1.54) is 32.4 Å². The minimum atomic E-state index is -3.85. The third-order valence-electron chi connectivity index (χ3n) is 5.78. The highest BCUT2D eigenvalue weighted by molar-refractivity contribution is 7.89. The second-order valence-electron chi connectivity index (χ2n) is 7.70. The highest BCUT2D eigenvalue weighted by Gasteiger charge is 2.43. The Balaban J connectivity index is 1.87. The summed E-state index contributed by atoms with van der Waals surface area (Å²) in [5.41, 5.74) is -0.917. The molecule has 0 aliphatic heterocycles. The van der Waals surface area contributed by atoms with Gasteiger partial charge in [-0.05, 0) is 43.9 Å². The van der Waals surface area contributed by atoms with E-state index in [0.717, 1.165) is 38.5 Å². The summed E-state index contributed by atoms with van der Waals surface area (Å²) in [5.74, 6) is -0.833. The highest BCUT2D eigenvalue weighted by atomic mass is 32.2. The van der Waals surface area contributed by atoms with Crippen LogP contribution in [0.5, 0.6) is 5.75 Å². The molecule has 3 rings (SSSR count). The van der Waals surface area contributed by atoms with E-state index in [1.807, 2.05) is 0 Å². The smallest absolute Gasteiger partial charge is 0.331 e. The third kappa shape index (κ3) is 4.56. The lowest BCUT2D eigenvalue weighted by Gasteiger charge is -2.27. The van der Waals surface area contributed by atoms with E-state index in [-0.39, 0.29) is 22.3 Å². The maximum atomic E-state index is 12.9. The van der Waals surface area contributed by atoms with Gasteiger partial charge in [-0.1, -0.05) is 25.7 Å². The zero-order chi connectivity index (χ0) is 21.1. The van der Waals surface area contributed by atoms with Crippen molar-refractivity contribution >= 4 is 21.9 Å². The molecule has 2 fully saturated rings. The summed E-state index contributed by atoms with van der Waals surface area (Å²) in [6, 6.07) is 4.13. The summed E-state index contributed by atoms with van der Waals surface area (Å²) in [5, 5.41) is 2.78. The molecule has 0 radical (unpaired) electrons. The number of hydrogen-bond donors (Lipinski definition) is 2. The van der Waals surface area contributed by atoms with E-state index >= 15 is 0 Å². The summed E-state index contributed by atoms with van der Waals surface area (Å²) in [7, 11) is -1.18. The highest BCUT2D eigenvalue weighted by Crippen LogP contribution is 2.32. The van der Waals surface area contributed by atoms with Crippen LogP contribution in [-0.2, 0) is 19.6 Å². The van der Waals surface area contributed by atoms with Crippen molar-refractivity contribution in [2.45, 2.75) is 67.8 Å². The van der Waals surface area contributed by atoms with Gasteiger partial charge in [0.15, 0.2) is 0 Å². The average molecular weight is 425 g/mol. The van der Waals surface area contributed by atoms with Gasteiger partial charge in [0, 0.05) is 11.6 Å². The molecule has 9 heteroatoms. The third-order valence-corrected chi connectivity index (χ3v) is 7.32. The van der Waals surface area contributed by atoms with Crippen molar-refractivity contribution in [2.24, 2.45) is 0 Å². The van der Waals surface area contributed by atoms with Crippen molar-refractivity contribution in [3.8, 4) is 5.75 Å². The number of carbonyl (C=O) groups is 2. The normalized spacial score (nSPS) is 19.1. The second kappa shape index (κ2) is 8.71. The molecule has 0 bridgehead atoms. The fourth-order valence-electron chi connectivity index (χ4n) is 4.20. The Hall–Kier alpha value is -2.13. The first-order chi connectivity index (χ1) is 13.8. The van der Waals surface area contributed by atoms with Gasteiger partial charge in [0.2, 0.25) is 10.0 Å². The minimum absolute atomic E-state index is 0.0851. The number of carbonyl (C=O) groups excluding carboxylic acids is 2. The van der Waals surface area contributed by atoms with Crippen LogP contribution in [0.15, 0.2) is 23.1 Å². The molecule has 2 saturated carbocycles. The molecular formula is C20H28N2O6S. The monoisotopic (exact) mass is 424 g/mol. The Kier molecular flexibility index (Phi) is 6.48. The molecule has 0 heterocycles. The fraction of sp³-hybridized carbons (Fsp3) is 0.600. The molecule has 0 saturated heterocycles. The Morgan fingerprint density at radius 1 is 1.07 bits per heavy atom. The minimum Gasteiger partial charge on any atom is -0.495 e. The van der Waals surface area contributed by atoms with Gasteiger partial charge >= 0.3 is 5.97 Å². The molecule has 1 aromatic rings. The molecule has 2 aliphatic carbocycles. The van der Waals surface area contributed by atoms with Crippen LogP contribution in [0.2, 0.25) is 0 Å². The Morgan fingerprint density at radius 2 is 1.72 bits per heavy atom. The van der Waals surface area contributed by atoms with Crippen LogP contribution < -0.4 is 14.8 Å². The standard InChI is InChI=1S/C20H28N2O6S/c1-27-16-10-9-14(13-17(16)29(25,26)22-15-7-3-4-8-15)18(23)21-20(19(24)28-2)11-5-6-12-20/h9-10,13,15,22H,3-8,11-12H2,1-2H3,(H,21,23). The molecule has 1 amide bonds. The molecule has 0 unspecified atom stereocenters. The van der Waals surface area contributed by atoms with Crippen molar-refractivity contribution in [3.63, 3.8) is 0 Å². The lowest BCUT2D eigenvalue weighted by atomic mass is 9.97. The molecule has 0 spiro atoms. The van der Waals surface area contributed by atoms with Crippen molar-refractivity contribution < 1.29 is 27.5 Å². The Morgan fingerprint density at radius 3 is 2.31 bits per heavy atom. The van der Waals surface area contributed by atoms with Gasteiger partial charge in [0.05, 0.1) is 14.2 Å². The number of ether oxygens (including phenoxy) is 2. The van der Waals surface area contributed by atoms with Gasteiger partial charge in [-0.3, -0.25) is 4.79 Å². The summed E-state index contributed by atoms with van der Waals surface area (Å²) in [6.07, 6.45) is 6.18. The van der Waals surface area contributed by atoms with Gasteiger partial charge in [-0.25, -0.2) is 17.9 Å². The molecule has 2 N–H and O–H groups in total. The average Bonchev–Trinajstić information content (AvgIpc) is 3.39. The van der Waals surface area contributed by atoms with Crippen molar-refractivity contribution in [3.05, 3.63) is 23.8 Å². The van der Waals surface area contributed by atoms with Crippen LogP contribution in [0.25, 0.3) is 0 Å². The largest absolute Gasteiger partial charge is 0.495 e. The van der Waals surface area contributed by atoms with E-state index in [0.29, 0.717) is 12.8 Å². The number of hydrogen-bond acceptors (Lipinski definition) is 6. The Bertz CT molecular complexity index is 871. The van der Waals surface area contributed by atoms with Gasteiger partial charge in [-0.2, -0.15) is 0 Å². The van der Waals surface area contributed by atoms with E-state index in [1.54, 1.807) is 0 Å².